The third-order valence-electron chi connectivity index (χ3n) is 1.84. The molecular formula is C10H10Br2O2. The van der Waals surface area contributed by atoms with E-state index in [2.05, 4.69) is 31.9 Å². The number of halogens is 2. The van der Waals surface area contributed by atoms with E-state index in [9.17, 15) is 9.90 Å². The van der Waals surface area contributed by atoms with Crippen LogP contribution in [-0.2, 0) is 16.5 Å². The summed E-state index contributed by atoms with van der Waals surface area (Å²) in [5.74, 6) is 0.253. The number of benzene rings is 1. The van der Waals surface area contributed by atoms with E-state index in [1.54, 1.807) is 12.1 Å². The SMILES string of the molecule is O=C(CBr)Cc1ccc(CBr)cc1O. The second-order valence-electron chi connectivity index (χ2n) is 2.95. The molecule has 0 radical (unpaired) electrons. The Balaban J connectivity index is 2.83. The Hall–Kier alpha value is -0.350. The van der Waals surface area contributed by atoms with Crippen LogP contribution >= 0.6 is 31.9 Å². The largest absolute Gasteiger partial charge is 0.508 e. The molecular weight excluding hydrogens is 312 g/mol. The van der Waals surface area contributed by atoms with Gasteiger partial charge in [0.2, 0.25) is 0 Å². The zero-order chi connectivity index (χ0) is 10.6. The fraction of sp³-hybridized carbons (Fsp3) is 0.300. The van der Waals surface area contributed by atoms with Crippen LogP contribution in [0.15, 0.2) is 18.2 Å². The number of Topliss-reactive ketones (excluding diaryl/α,β-unsaturated/α-hetero) is 1. The molecule has 1 aromatic rings. The number of carbonyl (C=O) groups is 1. The minimum Gasteiger partial charge on any atom is -0.508 e. The standard InChI is InChI=1S/C10H10Br2O2/c11-5-7-1-2-8(10(14)3-7)4-9(13)6-12/h1-3,14H,4-6H2. The van der Waals surface area contributed by atoms with Crippen LogP contribution in [0.2, 0.25) is 0 Å². The molecule has 2 nitrogen and oxygen atoms in total. The first-order valence-corrected chi connectivity index (χ1v) is 6.36. The number of aromatic hydroxyl groups is 1. The average molecular weight is 322 g/mol. The Morgan fingerprint density at radius 2 is 2.07 bits per heavy atom. The Bertz CT molecular complexity index is 337. The summed E-state index contributed by atoms with van der Waals surface area (Å²) in [4.78, 5) is 11.1. The molecule has 0 bridgehead atoms. The highest BCUT2D eigenvalue weighted by molar-refractivity contribution is 9.09. The van der Waals surface area contributed by atoms with Gasteiger partial charge in [0.25, 0.3) is 0 Å². The molecule has 1 N–H and O–H groups in total. The van der Waals surface area contributed by atoms with Gasteiger partial charge in [-0.3, -0.25) is 4.79 Å². The van der Waals surface area contributed by atoms with Crippen molar-refractivity contribution in [1.29, 1.82) is 0 Å². The van der Waals surface area contributed by atoms with Crippen LogP contribution in [0.3, 0.4) is 0 Å². The van der Waals surface area contributed by atoms with Crippen LogP contribution < -0.4 is 0 Å². The lowest BCUT2D eigenvalue weighted by molar-refractivity contribution is -0.115. The van der Waals surface area contributed by atoms with E-state index < -0.39 is 0 Å². The lowest BCUT2D eigenvalue weighted by Gasteiger charge is -2.04. The summed E-state index contributed by atoms with van der Waals surface area (Å²) >= 11 is 6.38. The number of phenolic OH excluding ortho intramolecular Hbond substituents is 1. The minimum atomic E-state index is 0.0619. The summed E-state index contributed by atoms with van der Waals surface area (Å²) in [7, 11) is 0. The quantitative estimate of drug-likeness (QED) is 0.866. The molecule has 0 aliphatic carbocycles. The number of ketones is 1. The summed E-state index contributed by atoms with van der Waals surface area (Å²) in [5, 5.41) is 10.6. The molecule has 0 fully saturated rings. The van der Waals surface area contributed by atoms with Gasteiger partial charge in [-0.25, -0.2) is 0 Å². The van der Waals surface area contributed by atoms with E-state index in [0.29, 0.717) is 16.2 Å². The first kappa shape index (κ1) is 11.7. The first-order chi connectivity index (χ1) is 6.67. The van der Waals surface area contributed by atoms with Gasteiger partial charge in [-0.15, -0.1) is 0 Å². The van der Waals surface area contributed by atoms with Crippen LogP contribution in [0.5, 0.6) is 5.75 Å². The first-order valence-electron chi connectivity index (χ1n) is 4.11. The van der Waals surface area contributed by atoms with Gasteiger partial charge in [0.1, 0.15) is 11.5 Å². The molecule has 0 aliphatic heterocycles. The lowest BCUT2D eigenvalue weighted by atomic mass is 10.1. The van der Waals surface area contributed by atoms with Crippen molar-refractivity contribution in [3.05, 3.63) is 29.3 Å². The third-order valence-corrected chi connectivity index (χ3v) is 3.11. The summed E-state index contributed by atoms with van der Waals surface area (Å²) < 4.78 is 0. The van der Waals surface area contributed by atoms with E-state index in [1.807, 2.05) is 6.07 Å². The molecule has 0 aliphatic rings. The third kappa shape index (κ3) is 3.10. The van der Waals surface area contributed by atoms with Crippen molar-refractivity contribution in [2.45, 2.75) is 11.8 Å². The Kier molecular flexibility index (Phi) is 4.62. The predicted molar refractivity (Wildman–Crippen MR) is 63.2 cm³/mol. The van der Waals surface area contributed by atoms with Crippen molar-refractivity contribution in [3.8, 4) is 5.75 Å². The molecule has 4 heteroatoms. The molecule has 0 aromatic heterocycles. The molecule has 0 unspecified atom stereocenters. The molecule has 0 saturated heterocycles. The molecule has 0 spiro atoms. The van der Waals surface area contributed by atoms with Gasteiger partial charge < -0.3 is 5.11 Å². The molecule has 0 amide bonds. The number of carbonyl (C=O) groups excluding carboxylic acids is 1. The van der Waals surface area contributed by atoms with Crippen molar-refractivity contribution in [2.75, 3.05) is 5.33 Å². The number of rotatable bonds is 4. The number of hydrogen-bond donors (Lipinski definition) is 1. The van der Waals surface area contributed by atoms with E-state index in [0.717, 1.165) is 5.56 Å². The van der Waals surface area contributed by atoms with Gasteiger partial charge in [-0.2, -0.15) is 0 Å². The fourth-order valence-electron chi connectivity index (χ4n) is 1.10. The Morgan fingerprint density at radius 3 is 2.57 bits per heavy atom. The molecule has 1 aromatic carbocycles. The summed E-state index contributed by atoms with van der Waals surface area (Å²) in [6.45, 7) is 0. The van der Waals surface area contributed by atoms with Crippen molar-refractivity contribution in [2.24, 2.45) is 0 Å². The monoisotopic (exact) mass is 320 g/mol. The molecule has 0 heterocycles. The van der Waals surface area contributed by atoms with Gasteiger partial charge in [0.05, 0.1) is 5.33 Å². The van der Waals surface area contributed by atoms with Crippen LogP contribution in [0, 0.1) is 0 Å². The Morgan fingerprint density at radius 1 is 1.36 bits per heavy atom. The van der Waals surface area contributed by atoms with Gasteiger partial charge in [0, 0.05) is 17.3 Å². The summed E-state index contributed by atoms with van der Waals surface area (Å²) in [5.41, 5.74) is 1.68. The maximum absolute atomic E-state index is 11.1. The molecule has 14 heavy (non-hydrogen) atoms. The number of hydrogen-bond acceptors (Lipinski definition) is 2. The van der Waals surface area contributed by atoms with Crippen molar-refractivity contribution in [3.63, 3.8) is 0 Å². The fourth-order valence-corrected chi connectivity index (χ4v) is 1.65. The van der Waals surface area contributed by atoms with Crippen LogP contribution in [0.4, 0.5) is 0 Å². The predicted octanol–water partition coefficient (Wildman–Crippen LogP) is 2.79. The zero-order valence-electron chi connectivity index (χ0n) is 7.46. The molecule has 1 rings (SSSR count). The minimum absolute atomic E-state index is 0.0619. The van der Waals surface area contributed by atoms with Crippen molar-refractivity contribution >= 4 is 37.6 Å². The number of phenols is 1. The van der Waals surface area contributed by atoms with E-state index in [-0.39, 0.29) is 18.0 Å². The van der Waals surface area contributed by atoms with Crippen LogP contribution in [0.1, 0.15) is 11.1 Å². The smallest absolute Gasteiger partial charge is 0.147 e. The molecule has 0 saturated carbocycles. The molecule has 0 atom stereocenters. The average Bonchev–Trinajstić information content (AvgIpc) is 2.20. The van der Waals surface area contributed by atoms with Crippen molar-refractivity contribution < 1.29 is 9.90 Å². The summed E-state index contributed by atoms with van der Waals surface area (Å²) in [6, 6.07) is 5.35. The Labute approximate surface area is 99.6 Å². The van der Waals surface area contributed by atoms with Crippen molar-refractivity contribution in [1.82, 2.24) is 0 Å². The van der Waals surface area contributed by atoms with Crippen LogP contribution in [-0.4, -0.2) is 16.2 Å². The molecule has 76 valence electrons. The second kappa shape index (κ2) is 5.51. The maximum Gasteiger partial charge on any atom is 0.147 e. The highest BCUT2D eigenvalue weighted by atomic mass is 79.9. The zero-order valence-corrected chi connectivity index (χ0v) is 10.6. The normalized spacial score (nSPS) is 10.1. The van der Waals surface area contributed by atoms with Crippen LogP contribution in [0.25, 0.3) is 0 Å². The van der Waals surface area contributed by atoms with E-state index >= 15 is 0 Å². The topological polar surface area (TPSA) is 37.3 Å². The van der Waals surface area contributed by atoms with Gasteiger partial charge >= 0.3 is 0 Å². The van der Waals surface area contributed by atoms with E-state index in [4.69, 9.17) is 0 Å². The highest BCUT2D eigenvalue weighted by Crippen LogP contribution is 2.21. The number of alkyl halides is 2. The van der Waals surface area contributed by atoms with Gasteiger partial charge in [-0.1, -0.05) is 44.0 Å². The van der Waals surface area contributed by atoms with E-state index in [1.165, 1.54) is 0 Å². The highest BCUT2D eigenvalue weighted by Gasteiger charge is 2.06. The second-order valence-corrected chi connectivity index (χ2v) is 4.07. The summed E-state index contributed by atoms with van der Waals surface area (Å²) in [6.07, 6.45) is 0.277. The van der Waals surface area contributed by atoms with Gasteiger partial charge in [0.15, 0.2) is 0 Å². The van der Waals surface area contributed by atoms with Gasteiger partial charge in [-0.05, 0) is 11.6 Å². The lowest BCUT2D eigenvalue weighted by Crippen LogP contribution is -2.03. The maximum atomic E-state index is 11.1.